The first-order valence-electron chi connectivity index (χ1n) is 10.4. The number of hydrogen-bond acceptors (Lipinski definition) is 5. The van der Waals surface area contributed by atoms with Gasteiger partial charge in [-0.1, -0.05) is 23.5 Å². The first-order chi connectivity index (χ1) is 15.7. The number of carbonyl (C=O) groups excluding carboxylic acids is 1. The van der Waals surface area contributed by atoms with Gasteiger partial charge in [0.2, 0.25) is 10.0 Å². The number of para-hydroxylation sites is 1. The second-order valence-corrected chi connectivity index (χ2v) is 10.8. The number of nitrogens with zero attached hydrogens (tertiary/aromatic N) is 3. The van der Waals surface area contributed by atoms with Crippen LogP contribution in [0.2, 0.25) is 0 Å². The number of morpholine rings is 1. The number of carbonyl (C=O) groups is 1. The van der Waals surface area contributed by atoms with Crippen molar-refractivity contribution in [2.24, 2.45) is 4.99 Å². The van der Waals surface area contributed by atoms with E-state index in [2.05, 4.69) is 11.6 Å². The van der Waals surface area contributed by atoms with Crippen LogP contribution in [0.15, 0.2) is 65.0 Å². The van der Waals surface area contributed by atoms with E-state index in [4.69, 9.17) is 4.74 Å². The number of amides is 1. The van der Waals surface area contributed by atoms with Crippen molar-refractivity contribution in [1.82, 2.24) is 8.87 Å². The molecule has 33 heavy (non-hydrogen) atoms. The maximum atomic E-state index is 14.4. The van der Waals surface area contributed by atoms with Crippen LogP contribution in [0.4, 0.5) is 4.39 Å². The van der Waals surface area contributed by atoms with Crippen LogP contribution in [0.5, 0.6) is 0 Å². The van der Waals surface area contributed by atoms with Gasteiger partial charge in [-0.3, -0.25) is 4.79 Å². The third-order valence-corrected chi connectivity index (χ3v) is 8.18. The minimum atomic E-state index is -3.71. The number of thiazole rings is 1. The first-order valence-corrected chi connectivity index (χ1v) is 12.7. The van der Waals surface area contributed by atoms with Crippen LogP contribution >= 0.6 is 11.3 Å². The van der Waals surface area contributed by atoms with Crippen molar-refractivity contribution in [1.29, 1.82) is 0 Å². The molecule has 0 N–H and O–H groups in total. The van der Waals surface area contributed by atoms with Gasteiger partial charge in [0.25, 0.3) is 5.91 Å². The van der Waals surface area contributed by atoms with Gasteiger partial charge in [-0.05, 0) is 50.2 Å². The fourth-order valence-electron chi connectivity index (χ4n) is 3.87. The van der Waals surface area contributed by atoms with Crippen molar-refractivity contribution in [2.75, 3.05) is 13.1 Å². The van der Waals surface area contributed by atoms with Gasteiger partial charge in [0.1, 0.15) is 5.82 Å². The van der Waals surface area contributed by atoms with Crippen LogP contribution in [-0.4, -0.2) is 48.5 Å². The number of ether oxygens (including phenoxy) is 1. The molecule has 1 fully saturated rings. The van der Waals surface area contributed by atoms with Gasteiger partial charge >= 0.3 is 0 Å². The summed E-state index contributed by atoms with van der Waals surface area (Å²) >= 11 is 1.20. The Morgan fingerprint density at radius 1 is 1.21 bits per heavy atom. The summed E-state index contributed by atoms with van der Waals surface area (Å²) in [5.41, 5.74) is 0.602. The van der Waals surface area contributed by atoms with Crippen molar-refractivity contribution in [2.45, 2.75) is 37.5 Å². The minimum Gasteiger partial charge on any atom is -0.373 e. The number of rotatable bonds is 5. The van der Waals surface area contributed by atoms with E-state index < -0.39 is 21.7 Å². The summed E-state index contributed by atoms with van der Waals surface area (Å²) in [5.74, 6) is -0.946. The standard InChI is InChI=1S/C23H24FN3O4S2/c1-4-12-27-21-19(24)6-5-7-20(21)32-23(27)25-22(28)17-8-10-18(11-9-17)33(29,30)26-13-15(2)31-16(3)14-26/h4-11,15-16H,1,12-14H2,2-3H3. The fourth-order valence-corrected chi connectivity index (χ4v) is 6.51. The van der Waals surface area contributed by atoms with E-state index in [1.165, 1.54) is 46.0 Å². The Morgan fingerprint density at radius 3 is 2.52 bits per heavy atom. The monoisotopic (exact) mass is 489 g/mol. The number of halogens is 1. The lowest BCUT2D eigenvalue weighted by Crippen LogP contribution is -2.48. The molecule has 1 aliphatic heterocycles. The molecule has 0 aliphatic carbocycles. The van der Waals surface area contributed by atoms with Gasteiger partial charge < -0.3 is 9.30 Å². The summed E-state index contributed by atoms with van der Waals surface area (Å²) < 4.78 is 49.7. The molecule has 2 unspecified atom stereocenters. The van der Waals surface area contributed by atoms with E-state index in [1.54, 1.807) is 22.8 Å². The molecule has 0 bridgehead atoms. The molecule has 0 spiro atoms. The number of hydrogen-bond donors (Lipinski definition) is 0. The number of aromatic nitrogens is 1. The van der Waals surface area contributed by atoms with Crippen molar-refractivity contribution in [3.63, 3.8) is 0 Å². The molecule has 1 amide bonds. The van der Waals surface area contributed by atoms with Crippen molar-refractivity contribution in [3.8, 4) is 0 Å². The molecule has 4 rings (SSSR count). The molecule has 2 aromatic carbocycles. The van der Waals surface area contributed by atoms with E-state index in [-0.39, 0.29) is 35.8 Å². The summed E-state index contributed by atoms with van der Waals surface area (Å²) in [6.07, 6.45) is 1.21. The van der Waals surface area contributed by atoms with Crippen molar-refractivity contribution < 1.29 is 22.3 Å². The average molecular weight is 490 g/mol. The van der Waals surface area contributed by atoms with Gasteiger partial charge in [0.15, 0.2) is 4.80 Å². The summed E-state index contributed by atoms with van der Waals surface area (Å²) in [5, 5.41) is 0. The molecule has 1 aliphatic rings. The Bertz CT molecular complexity index is 1370. The van der Waals surface area contributed by atoms with Gasteiger partial charge in [-0.2, -0.15) is 9.30 Å². The van der Waals surface area contributed by atoms with E-state index in [1.807, 2.05) is 13.8 Å². The highest BCUT2D eigenvalue weighted by Gasteiger charge is 2.32. The zero-order valence-corrected chi connectivity index (χ0v) is 19.9. The lowest BCUT2D eigenvalue weighted by Gasteiger charge is -2.34. The van der Waals surface area contributed by atoms with Crippen LogP contribution in [0.25, 0.3) is 10.2 Å². The van der Waals surface area contributed by atoms with Crippen LogP contribution < -0.4 is 4.80 Å². The second kappa shape index (κ2) is 9.30. The molecule has 0 saturated carbocycles. The predicted octanol–water partition coefficient (Wildman–Crippen LogP) is 3.57. The maximum absolute atomic E-state index is 14.4. The minimum absolute atomic E-state index is 0.103. The molecule has 10 heteroatoms. The lowest BCUT2D eigenvalue weighted by atomic mass is 10.2. The first kappa shape index (κ1) is 23.5. The zero-order valence-electron chi connectivity index (χ0n) is 18.3. The summed E-state index contributed by atoms with van der Waals surface area (Å²) in [6.45, 7) is 8.20. The topological polar surface area (TPSA) is 81.0 Å². The Hall–Kier alpha value is -2.66. The highest BCUT2D eigenvalue weighted by atomic mass is 32.2. The van der Waals surface area contributed by atoms with Crippen molar-refractivity contribution >= 4 is 37.5 Å². The van der Waals surface area contributed by atoms with Gasteiger partial charge in [0, 0.05) is 25.2 Å². The molecule has 1 saturated heterocycles. The van der Waals surface area contributed by atoms with E-state index in [0.29, 0.717) is 21.6 Å². The van der Waals surface area contributed by atoms with Crippen LogP contribution in [0.1, 0.15) is 24.2 Å². The van der Waals surface area contributed by atoms with E-state index in [0.717, 1.165) is 0 Å². The third-order valence-electron chi connectivity index (χ3n) is 5.29. The summed E-state index contributed by atoms with van der Waals surface area (Å²) in [6, 6.07) is 10.4. The smallest absolute Gasteiger partial charge is 0.279 e. The summed E-state index contributed by atoms with van der Waals surface area (Å²) in [4.78, 5) is 17.4. The predicted molar refractivity (Wildman–Crippen MR) is 125 cm³/mol. The van der Waals surface area contributed by atoms with Crippen LogP contribution in [0, 0.1) is 5.82 Å². The molecule has 174 valence electrons. The Balaban J connectivity index is 1.65. The molecular formula is C23H24FN3O4S2. The Morgan fingerprint density at radius 2 is 1.88 bits per heavy atom. The Kier molecular flexibility index (Phi) is 6.62. The van der Waals surface area contributed by atoms with Crippen molar-refractivity contribution in [3.05, 3.63) is 71.3 Å². The number of allylic oxidation sites excluding steroid dienone is 1. The van der Waals surface area contributed by atoms with E-state index >= 15 is 0 Å². The molecule has 2 atom stereocenters. The third kappa shape index (κ3) is 4.70. The largest absolute Gasteiger partial charge is 0.373 e. The Labute approximate surface area is 195 Å². The van der Waals surface area contributed by atoms with Crippen LogP contribution in [0.3, 0.4) is 0 Å². The molecule has 2 heterocycles. The molecule has 0 radical (unpaired) electrons. The summed E-state index contributed by atoms with van der Waals surface area (Å²) in [7, 11) is -3.71. The average Bonchev–Trinajstić information content (AvgIpc) is 3.11. The number of fused-ring (bicyclic) bond motifs is 1. The highest BCUT2D eigenvalue weighted by Crippen LogP contribution is 2.23. The van der Waals surface area contributed by atoms with Gasteiger partial charge in [-0.25, -0.2) is 12.8 Å². The maximum Gasteiger partial charge on any atom is 0.279 e. The number of benzene rings is 2. The number of sulfonamides is 1. The fraction of sp³-hybridized carbons (Fsp3) is 0.304. The van der Waals surface area contributed by atoms with Gasteiger partial charge in [0.05, 0.1) is 27.3 Å². The quantitative estimate of drug-likeness (QED) is 0.513. The normalized spacial score (nSPS) is 20.3. The van der Waals surface area contributed by atoms with Gasteiger partial charge in [-0.15, -0.1) is 6.58 Å². The van der Waals surface area contributed by atoms with Crippen LogP contribution in [-0.2, 0) is 21.3 Å². The second-order valence-electron chi connectivity index (χ2n) is 7.89. The molecular weight excluding hydrogens is 465 g/mol. The SMILES string of the molecule is C=CCn1c(=NC(=O)c2ccc(S(=O)(=O)N3CC(C)OC(C)C3)cc2)sc2cccc(F)c21. The van der Waals surface area contributed by atoms with E-state index in [9.17, 15) is 17.6 Å². The molecule has 3 aromatic rings. The molecule has 7 nitrogen and oxygen atoms in total. The zero-order chi connectivity index (χ0) is 23.8. The lowest BCUT2D eigenvalue weighted by molar-refractivity contribution is -0.0440. The molecule has 1 aromatic heterocycles. The highest BCUT2D eigenvalue weighted by molar-refractivity contribution is 7.89.